The Kier molecular flexibility index (Phi) is 6.24. The van der Waals surface area contributed by atoms with Gasteiger partial charge in [0.1, 0.15) is 11.6 Å². The van der Waals surface area contributed by atoms with E-state index in [9.17, 15) is 9.18 Å². The van der Waals surface area contributed by atoms with E-state index in [0.717, 1.165) is 24.5 Å². The van der Waals surface area contributed by atoms with Crippen LogP contribution < -0.4 is 15.5 Å². The van der Waals surface area contributed by atoms with Crippen molar-refractivity contribution >= 4 is 17.5 Å². The van der Waals surface area contributed by atoms with Gasteiger partial charge in [0.05, 0.1) is 24.1 Å². The molecule has 0 radical (unpaired) electrons. The summed E-state index contributed by atoms with van der Waals surface area (Å²) < 4.78 is 18.9. The molecule has 2 unspecified atom stereocenters. The van der Waals surface area contributed by atoms with Gasteiger partial charge in [-0.3, -0.25) is 0 Å². The molecule has 0 bridgehead atoms. The smallest absolute Gasteiger partial charge is 0.319 e. The zero-order valence-electron chi connectivity index (χ0n) is 15.6. The first-order valence-corrected chi connectivity index (χ1v) is 9.15. The predicted octanol–water partition coefficient (Wildman–Crippen LogP) is 3.20. The molecule has 27 heavy (non-hydrogen) atoms. The number of pyridine rings is 1. The van der Waals surface area contributed by atoms with Crippen molar-refractivity contribution in [3.05, 3.63) is 54.0 Å². The predicted molar refractivity (Wildman–Crippen MR) is 104 cm³/mol. The summed E-state index contributed by atoms with van der Waals surface area (Å²) in [5.74, 6) is 0.598. The first kappa shape index (κ1) is 19.1. The van der Waals surface area contributed by atoms with E-state index in [1.54, 1.807) is 12.3 Å². The number of carbonyl (C=O) groups excluding carboxylic acids is 1. The summed E-state index contributed by atoms with van der Waals surface area (Å²) in [5.41, 5.74) is 1.46. The quantitative estimate of drug-likeness (QED) is 0.846. The van der Waals surface area contributed by atoms with Crippen LogP contribution >= 0.6 is 0 Å². The van der Waals surface area contributed by atoms with Crippen LogP contribution in [-0.4, -0.2) is 42.9 Å². The molecule has 0 spiro atoms. The number of ether oxygens (including phenoxy) is 1. The van der Waals surface area contributed by atoms with E-state index in [-0.39, 0.29) is 24.1 Å². The van der Waals surface area contributed by atoms with E-state index in [4.69, 9.17) is 4.74 Å². The SMILES string of the molecule is CC1CN(c2ccc(NC(=O)NCCc3cccc(F)c3)cn2)CC(C)O1. The van der Waals surface area contributed by atoms with Crippen LogP contribution in [0.4, 0.5) is 20.7 Å². The number of benzene rings is 1. The van der Waals surface area contributed by atoms with Crippen molar-refractivity contribution in [1.82, 2.24) is 10.3 Å². The highest BCUT2D eigenvalue weighted by Gasteiger charge is 2.23. The van der Waals surface area contributed by atoms with E-state index >= 15 is 0 Å². The Morgan fingerprint density at radius 2 is 2.04 bits per heavy atom. The molecule has 2 N–H and O–H groups in total. The molecule has 2 atom stereocenters. The van der Waals surface area contributed by atoms with E-state index in [1.807, 2.05) is 32.0 Å². The van der Waals surface area contributed by atoms with Crippen molar-refractivity contribution in [3.8, 4) is 0 Å². The Labute approximate surface area is 158 Å². The Balaban J connectivity index is 1.47. The fourth-order valence-corrected chi connectivity index (χ4v) is 3.20. The molecule has 7 heteroatoms. The fourth-order valence-electron chi connectivity index (χ4n) is 3.20. The highest BCUT2D eigenvalue weighted by Crippen LogP contribution is 2.19. The Hall–Kier alpha value is -2.67. The summed E-state index contributed by atoms with van der Waals surface area (Å²) in [5, 5.41) is 5.52. The maximum absolute atomic E-state index is 13.1. The van der Waals surface area contributed by atoms with Gasteiger partial charge in [-0.1, -0.05) is 12.1 Å². The normalized spacial score (nSPS) is 19.6. The molecule has 1 aliphatic rings. The molecular formula is C20H25FN4O2. The van der Waals surface area contributed by atoms with Gasteiger partial charge in [-0.15, -0.1) is 0 Å². The van der Waals surface area contributed by atoms with Crippen LogP contribution in [0.1, 0.15) is 19.4 Å². The lowest BCUT2D eigenvalue weighted by Crippen LogP contribution is -2.45. The average Bonchev–Trinajstić information content (AvgIpc) is 2.61. The molecule has 1 aromatic heterocycles. The molecule has 3 rings (SSSR count). The van der Waals surface area contributed by atoms with Crippen molar-refractivity contribution in [3.63, 3.8) is 0 Å². The molecule has 1 aromatic carbocycles. The molecule has 2 aromatic rings. The molecule has 2 heterocycles. The summed E-state index contributed by atoms with van der Waals surface area (Å²) in [6.07, 6.45) is 2.54. The summed E-state index contributed by atoms with van der Waals surface area (Å²) in [4.78, 5) is 18.6. The van der Waals surface area contributed by atoms with Crippen LogP contribution in [0.3, 0.4) is 0 Å². The standard InChI is InChI=1S/C20H25FN4O2/c1-14-12-25(13-15(2)27-14)19-7-6-18(11-23-19)24-20(26)22-9-8-16-4-3-5-17(21)10-16/h3-7,10-11,14-15H,8-9,12-13H2,1-2H3,(H2,22,24,26). The van der Waals surface area contributed by atoms with E-state index in [1.165, 1.54) is 12.1 Å². The van der Waals surface area contributed by atoms with Crippen molar-refractivity contribution in [2.75, 3.05) is 29.9 Å². The molecule has 1 aliphatic heterocycles. The van der Waals surface area contributed by atoms with Crippen LogP contribution in [0.15, 0.2) is 42.6 Å². The average molecular weight is 372 g/mol. The minimum absolute atomic E-state index is 0.164. The summed E-state index contributed by atoms with van der Waals surface area (Å²) in [6, 6.07) is 9.78. The van der Waals surface area contributed by atoms with Gasteiger partial charge in [0, 0.05) is 19.6 Å². The monoisotopic (exact) mass is 372 g/mol. The van der Waals surface area contributed by atoms with Crippen molar-refractivity contribution in [2.45, 2.75) is 32.5 Å². The Bertz CT molecular complexity index is 759. The Morgan fingerprint density at radius 1 is 1.26 bits per heavy atom. The van der Waals surface area contributed by atoms with Crippen molar-refractivity contribution in [1.29, 1.82) is 0 Å². The van der Waals surface area contributed by atoms with E-state index < -0.39 is 0 Å². The number of amides is 2. The van der Waals surface area contributed by atoms with Gasteiger partial charge in [-0.25, -0.2) is 14.2 Å². The zero-order chi connectivity index (χ0) is 19.2. The van der Waals surface area contributed by atoms with Gasteiger partial charge in [0.15, 0.2) is 0 Å². The van der Waals surface area contributed by atoms with Gasteiger partial charge in [0.25, 0.3) is 0 Å². The lowest BCUT2D eigenvalue weighted by Gasteiger charge is -2.36. The number of urea groups is 1. The van der Waals surface area contributed by atoms with Crippen LogP contribution in [0.2, 0.25) is 0 Å². The molecule has 2 amide bonds. The molecule has 1 fully saturated rings. The maximum Gasteiger partial charge on any atom is 0.319 e. The number of anilines is 2. The topological polar surface area (TPSA) is 66.5 Å². The number of carbonyl (C=O) groups is 1. The summed E-state index contributed by atoms with van der Waals surface area (Å²) >= 11 is 0. The lowest BCUT2D eigenvalue weighted by atomic mass is 10.1. The molecule has 6 nitrogen and oxygen atoms in total. The van der Waals surface area contributed by atoms with Gasteiger partial charge >= 0.3 is 6.03 Å². The Morgan fingerprint density at radius 3 is 2.70 bits per heavy atom. The second-order valence-electron chi connectivity index (χ2n) is 6.83. The fraction of sp³-hybridized carbons (Fsp3) is 0.400. The minimum atomic E-state index is -0.311. The molecule has 144 valence electrons. The third-order valence-electron chi connectivity index (χ3n) is 4.34. The minimum Gasteiger partial charge on any atom is -0.372 e. The van der Waals surface area contributed by atoms with Gasteiger partial charge in [0.2, 0.25) is 0 Å². The summed E-state index contributed by atoms with van der Waals surface area (Å²) in [6.45, 7) is 6.11. The first-order valence-electron chi connectivity index (χ1n) is 9.15. The number of nitrogens with one attached hydrogen (secondary N) is 2. The van der Waals surface area contributed by atoms with Gasteiger partial charge < -0.3 is 20.3 Å². The van der Waals surface area contributed by atoms with Crippen LogP contribution in [0, 0.1) is 5.82 Å². The van der Waals surface area contributed by atoms with Crippen LogP contribution in [0.5, 0.6) is 0 Å². The summed E-state index contributed by atoms with van der Waals surface area (Å²) in [7, 11) is 0. The second-order valence-corrected chi connectivity index (χ2v) is 6.83. The highest BCUT2D eigenvalue weighted by molar-refractivity contribution is 5.89. The van der Waals surface area contributed by atoms with Crippen molar-refractivity contribution in [2.24, 2.45) is 0 Å². The van der Waals surface area contributed by atoms with Crippen molar-refractivity contribution < 1.29 is 13.9 Å². The zero-order valence-corrected chi connectivity index (χ0v) is 15.6. The maximum atomic E-state index is 13.1. The molecule has 1 saturated heterocycles. The third-order valence-corrected chi connectivity index (χ3v) is 4.34. The number of hydrogen-bond donors (Lipinski definition) is 2. The molecular weight excluding hydrogens is 347 g/mol. The number of halogens is 1. The largest absolute Gasteiger partial charge is 0.372 e. The van der Waals surface area contributed by atoms with Crippen LogP contribution in [-0.2, 0) is 11.2 Å². The number of rotatable bonds is 5. The highest BCUT2D eigenvalue weighted by atomic mass is 19.1. The molecule has 0 saturated carbocycles. The van der Waals surface area contributed by atoms with E-state index in [2.05, 4.69) is 20.5 Å². The van der Waals surface area contributed by atoms with Crippen LogP contribution in [0.25, 0.3) is 0 Å². The third kappa shape index (κ3) is 5.65. The second kappa shape index (κ2) is 8.81. The molecule has 0 aliphatic carbocycles. The first-order chi connectivity index (χ1) is 13.0. The number of nitrogens with zero attached hydrogens (tertiary/aromatic N) is 2. The number of aromatic nitrogens is 1. The van der Waals surface area contributed by atoms with Gasteiger partial charge in [-0.05, 0) is 50.1 Å². The van der Waals surface area contributed by atoms with Gasteiger partial charge in [-0.2, -0.15) is 0 Å². The van der Waals surface area contributed by atoms with E-state index in [0.29, 0.717) is 18.7 Å². The number of morpholine rings is 1. The number of hydrogen-bond acceptors (Lipinski definition) is 4. The lowest BCUT2D eigenvalue weighted by molar-refractivity contribution is -0.00545.